The van der Waals surface area contributed by atoms with Crippen LogP contribution >= 0.6 is 0 Å². The van der Waals surface area contributed by atoms with Gasteiger partial charge >= 0.3 is 0 Å². The maximum Gasteiger partial charge on any atom is 0.235 e. The first-order chi connectivity index (χ1) is 10.3. The van der Waals surface area contributed by atoms with E-state index in [-0.39, 0.29) is 5.91 Å². The first-order valence-corrected chi connectivity index (χ1v) is 8.85. The minimum atomic E-state index is -3.44. The number of anilines is 2. The van der Waals surface area contributed by atoms with Crippen molar-refractivity contribution in [2.45, 2.75) is 45.3 Å². The van der Waals surface area contributed by atoms with Gasteiger partial charge in [0.05, 0.1) is 23.7 Å². The minimum Gasteiger partial charge on any atom is -0.494 e. The molecule has 7 heteroatoms. The van der Waals surface area contributed by atoms with Crippen molar-refractivity contribution in [2.24, 2.45) is 0 Å². The minimum absolute atomic E-state index is 0.222. The molecule has 0 bridgehead atoms. The van der Waals surface area contributed by atoms with Gasteiger partial charge in [-0.2, -0.15) is 0 Å². The smallest absolute Gasteiger partial charge is 0.235 e. The number of hydrogen-bond acceptors (Lipinski definition) is 4. The highest BCUT2D eigenvalue weighted by Crippen LogP contribution is 2.29. The van der Waals surface area contributed by atoms with E-state index in [0.29, 0.717) is 30.0 Å². The Morgan fingerprint density at radius 3 is 2.50 bits per heavy atom. The Kier molecular flexibility index (Phi) is 6.67. The van der Waals surface area contributed by atoms with E-state index in [0.717, 1.165) is 6.42 Å². The second-order valence-electron chi connectivity index (χ2n) is 5.06. The summed E-state index contributed by atoms with van der Waals surface area (Å²) in [6.45, 7) is 5.22. The Balaban J connectivity index is 3.01. The van der Waals surface area contributed by atoms with Gasteiger partial charge in [-0.05, 0) is 25.0 Å². The molecule has 0 spiro atoms. The Bertz CT molecular complexity index is 614. The van der Waals surface area contributed by atoms with Gasteiger partial charge in [0.2, 0.25) is 15.9 Å². The van der Waals surface area contributed by atoms with Crippen molar-refractivity contribution in [1.82, 2.24) is 0 Å². The lowest BCUT2D eigenvalue weighted by atomic mass is 10.2. The Morgan fingerprint density at radius 2 is 2.00 bits per heavy atom. The van der Waals surface area contributed by atoms with Crippen LogP contribution in [0.1, 0.15) is 40.0 Å². The van der Waals surface area contributed by atoms with Crippen LogP contribution in [0.25, 0.3) is 0 Å². The monoisotopic (exact) mass is 328 g/mol. The first kappa shape index (κ1) is 18.3. The summed E-state index contributed by atoms with van der Waals surface area (Å²) in [5.74, 6) is 0.180. The Labute approximate surface area is 132 Å². The van der Waals surface area contributed by atoms with Crippen LogP contribution in [0.15, 0.2) is 18.2 Å². The summed E-state index contributed by atoms with van der Waals surface area (Å²) in [5, 5.41) is 2.21. The van der Waals surface area contributed by atoms with E-state index in [1.165, 1.54) is 14.0 Å². The maximum atomic E-state index is 12.4. The molecular weight excluding hydrogens is 304 g/mol. The number of amides is 1. The third-order valence-corrected chi connectivity index (χ3v) is 5.24. The van der Waals surface area contributed by atoms with Crippen LogP contribution in [0.4, 0.5) is 11.4 Å². The van der Waals surface area contributed by atoms with Crippen LogP contribution < -0.4 is 14.8 Å². The van der Waals surface area contributed by atoms with E-state index in [1.807, 2.05) is 13.8 Å². The number of methoxy groups -OCH3 is 1. The molecule has 6 nitrogen and oxygen atoms in total. The van der Waals surface area contributed by atoms with Crippen molar-refractivity contribution < 1.29 is 17.9 Å². The van der Waals surface area contributed by atoms with Gasteiger partial charge in [0, 0.05) is 13.0 Å². The highest BCUT2D eigenvalue weighted by atomic mass is 32.2. The predicted octanol–water partition coefficient (Wildman–Crippen LogP) is 2.97. The van der Waals surface area contributed by atoms with Crippen LogP contribution in [-0.2, 0) is 14.8 Å². The predicted molar refractivity (Wildman–Crippen MR) is 88.8 cm³/mol. The molecule has 22 heavy (non-hydrogen) atoms. The largest absolute Gasteiger partial charge is 0.494 e. The van der Waals surface area contributed by atoms with E-state index >= 15 is 0 Å². The molecule has 0 fully saturated rings. The van der Waals surface area contributed by atoms with Crippen LogP contribution in [0, 0.1) is 0 Å². The van der Waals surface area contributed by atoms with Crippen LogP contribution in [0.2, 0.25) is 0 Å². The van der Waals surface area contributed by atoms with Crippen molar-refractivity contribution in [2.75, 3.05) is 17.1 Å². The van der Waals surface area contributed by atoms with Crippen LogP contribution in [0.3, 0.4) is 0 Å². The van der Waals surface area contributed by atoms with E-state index in [2.05, 4.69) is 10.0 Å². The summed E-state index contributed by atoms with van der Waals surface area (Å²) >= 11 is 0. The van der Waals surface area contributed by atoms with E-state index < -0.39 is 15.3 Å². The molecule has 1 aromatic rings. The van der Waals surface area contributed by atoms with Gasteiger partial charge in [0.1, 0.15) is 5.75 Å². The maximum absolute atomic E-state index is 12.4. The molecule has 0 aliphatic heterocycles. The second kappa shape index (κ2) is 8.03. The van der Waals surface area contributed by atoms with Crippen molar-refractivity contribution in [1.29, 1.82) is 0 Å². The third-order valence-electron chi connectivity index (χ3n) is 3.28. The summed E-state index contributed by atoms with van der Waals surface area (Å²) in [7, 11) is -1.98. The van der Waals surface area contributed by atoms with Crippen molar-refractivity contribution in [3.05, 3.63) is 18.2 Å². The number of sulfonamides is 1. The summed E-state index contributed by atoms with van der Waals surface area (Å²) in [5.41, 5.74) is 0.916. The summed E-state index contributed by atoms with van der Waals surface area (Å²) in [4.78, 5) is 11.1. The van der Waals surface area contributed by atoms with Crippen LogP contribution in [0.5, 0.6) is 5.75 Å². The van der Waals surface area contributed by atoms with Gasteiger partial charge in [0.15, 0.2) is 0 Å². The molecule has 2 N–H and O–H groups in total. The molecule has 0 aliphatic carbocycles. The van der Waals surface area contributed by atoms with Gasteiger partial charge in [-0.3, -0.25) is 9.52 Å². The molecule has 1 amide bonds. The quantitative estimate of drug-likeness (QED) is 0.768. The average molecular weight is 328 g/mol. The fourth-order valence-corrected chi connectivity index (χ4v) is 3.80. The van der Waals surface area contributed by atoms with Crippen LogP contribution in [-0.4, -0.2) is 26.7 Å². The molecule has 0 heterocycles. The van der Waals surface area contributed by atoms with E-state index in [1.54, 1.807) is 18.2 Å². The lowest BCUT2D eigenvalue weighted by Crippen LogP contribution is -2.27. The highest BCUT2D eigenvalue weighted by molar-refractivity contribution is 7.93. The lowest BCUT2D eigenvalue weighted by molar-refractivity contribution is -0.114. The number of carbonyl (C=O) groups is 1. The van der Waals surface area contributed by atoms with Gasteiger partial charge in [-0.1, -0.05) is 20.3 Å². The standard InChI is InChI=1S/C15H24N2O4S/c1-5-7-13(6-2)22(19,20)17-12-8-9-14(16-11(3)18)15(10-12)21-4/h8-10,13,17H,5-7H2,1-4H3,(H,16,18)/t13-/m1/s1. The SMILES string of the molecule is CCC[C@@H](CC)S(=O)(=O)Nc1ccc(NC(C)=O)c(OC)c1. The van der Waals surface area contributed by atoms with Gasteiger partial charge < -0.3 is 10.1 Å². The zero-order chi connectivity index (χ0) is 16.8. The fourth-order valence-electron chi connectivity index (χ4n) is 2.20. The molecule has 1 atom stereocenters. The second-order valence-corrected chi connectivity index (χ2v) is 7.02. The molecule has 0 saturated heterocycles. The number of rotatable bonds is 8. The lowest BCUT2D eigenvalue weighted by Gasteiger charge is -2.17. The number of benzene rings is 1. The Morgan fingerprint density at radius 1 is 1.32 bits per heavy atom. The van der Waals surface area contributed by atoms with E-state index in [4.69, 9.17) is 4.74 Å². The van der Waals surface area contributed by atoms with Gasteiger partial charge in [-0.25, -0.2) is 8.42 Å². The zero-order valence-corrected chi connectivity index (χ0v) is 14.3. The molecule has 1 aromatic carbocycles. The molecule has 0 radical (unpaired) electrons. The summed E-state index contributed by atoms with van der Waals surface area (Å²) in [6.07, 6.45) is 1.99. The average Bonchev–Trinajstić information content (AvgIpc) is 2.45. The summed E-state index contributed by atoms with van der Waals surface area (Å²) < 4.78 is 32.5. The zero-order valence-electron chi connectivity index (χ0n) is 13.5. The molecule has 0 aliphatic rings. The fraction of sp³-hybridized carbons (Fsp3) is 0.533. The van der Waals surface area contributed by atoms with Crippen molar-refractivity contribution in [3.8, 4) is 5.75 Å². The third kappa shape index (κ3) is 4.91. The first-order valence-electron chi connectivity index (χ1n) is 7.31. The van der Waals surface area contributed by atoms with Crippen molar-refractivity contribution >= 4 is 27.3 Å². The number of nitrogens with one attached hydrogen (secondary N) is 2. The van der Waals surface area contributed by atoms with E-state index in [9.17, 15) is 13.2 Å². The van der Waals surface area contributed by atoms with Gasteiger partial charge in [-0.15, -0.1) is 0 Å². The summed E-state index contributed by atoms with van der Waals surface area (Å²) in [6, 6.07) is 4.77. The molecule has 0 aromatic heterocycles. The molecule has 0 saturated carbocycles. The Hall–Kier alpha value is -1.76. The van der Waals surface area contributed by atoms with Crippen molar-refractivity contribution in [3.63, 3.8) is 0 Å². The van der Waals surface area contributed by atoms with Gasteiger partial charge in [0.25, 0.3) is 0 Å². The molecular formula is C15H24N2O4S. The topological polar surface area (TPSA) is 84.5 Å². The molecule has 124 valence electrons. The normalized spacial score (nSPS) is 12.5. The number of ether oxygens (including phenoxy) is 1. The number of carbonyl (C=O) groups excluding carboxylic acids is 1. The number of hydrogen-bond donors (Lipinski definition) is 2. The highest BCUT2D eigenvalue weighted by Gasteiger charge is 2.23. The molecule has 1 rings (SSSR count). The molecule has 0 unspecified atom stereocenters.